The Hall–Kier alpha value is -0.870. The number of aromatic nitrogens is 2. The molecule has 0 aliphatic carbocycles. The van der Waals surface area contributed by atoms with E-state index in [1.165, 1.54) is 5.69 Å². The number of nitrogens with zero attached hydrogens (tertiary/aromatic N) is 2. The largest absolute Gasteiger partial charge is 0.378 e. The Morgan fingerprint density at radius 1 is 1.53 bits per heavy atom. The van der Waals surface area contributed by atoms with Gasteiger partial charge in [-0.05, 0) is 40.7 Å². The lowest BCUT2D eigenvalue weighted by molar-refractivity contribution is 0.00483. The fraction of sp³-hybridized carbons (Fsp3) is 0.769. The number of imidazole rings is 1. The Balaban J connectivity index is 2.24. The average molecular weight is 237 g/mol. The molecule has 0 amide bonds. The molecule has 0 bridgehead atoms. The molecule has 96 valence electrons. The predicted molar refractivity (Wildman–Crippen MR) is 68.0 cm³/mol. The van der Waals surface area contributed by atoms with Gasteiger partial charge in [-0.15, -0.1) is 0 Å². The molecule has 1 aromatic heterocycles. The first-order valence-electron chi connectivity index (χ1n) is 6.37. The summed E-state index contributed by atoms with van der Waals surface area (Å²) >= 11 is 0. The SMILES string of the molecule is CNC(C)(C)c1cncn1C1CCOC(C)C1. The first kappa shape index (κ1) is 12.6. The Labute approximate surface area is 103 Å². The Kier molecular flexibility index (Phi) is 3.54. The van der Waals surface area contributed by atoms with Crippen LogP contribution in [0.4, 0.5) is 0 Å². The summed E-state index contributed by atoms with van der Waals surface area (Å²) in [5.74, 6) is 0. The zero-order valence-corrected chi connectivity index (χ0v) is 11.2. The van der Waals surface area contributed by atoms with Crippen molar-refractivity contribution in [3.05, 3.63) is 18.2 Å². The molecule has 1 aromatic rings. The molecule has 2 rings (SSSR count). The Morgan fingerprint density at radius 3 is 2.94 bits per heavy atom. The molecule has 17 heavy (non-hydrogen) atoms. The third-order valence-electron chi connectivity index (χ3n) is 3.78. The van der Waals surface area contributed by atoms with Crippen LogP contribution in [0, 0.1) is 0 Å². The minimum atomic E-state index is -0.0436. The smallest absolute Gasteiger partial charge is 0.0951 e. The summed E-state index contributed by atoms with van der Waals surface area (Å²) in [5, 5.41) is 3.34. The molecule has 0 radical (unpaired) electrons. The molecule has 2 atom stereocenters. The van der Waals surface area contributed by atoms with Crippen LogP contribution < -0.4 is 5.32 Å². The quantitative estimate of drug-likeness (QED) is 0.875. The van der Waals surface area contributed by atoms with Crippen LogP contribution in [-0.2, 0) is 10.3 Å². The van der Waals surface area contributed by atoms with Crippen molar-refractivity contribution >= 4 is 0 Å². The lowest BCUT2D eigenvalue weighted by Gasteiger charge is -2.33. The van der Waals surface area contributed by atoms with Crippen LogP contribution >= 0.6 is 0 Å². The highest BCUT2D eigenvalue weighted by Crippen LogP contribution is 2.29. The second-order valence-electron chi connectivity index (χ2n) is 5.42. The molecule has 1 saturated heterocycles. The van der Waals surface area contributed by atoms with Crippen molar-refractivity contribution in [3.63, 3.8) is 0 Å². The maximum atomic E-state index is 5.61. The van der Waals surface area contributed by atoms with Gasteiger partial charge in [0.2, 0.25) is 0 Å². The van der Waals surface area contributed by atoms with Crippen molar-refractivity contribution in [2.45, 2.75) is 51.3 Å². The van der Waals surface area contributed by atoms with Gasteiger partial charge >= 0.3 is 0 Å². The molecule has 1 N–H and O–H groups in total. The molecule has 1 aliphatic heterocycles. The van der Waals surface area contributed by atoms with E-state index in [1.807, 2.05) is 19.6 Å². The fourth-order valence-corrected chi connectivity index (χ4v) is 2.43. The van der Waals surface area contributed by atoms with Crippen LogP contribution in [-0.4, -0.2) is 29.3 Å². The molecule has 4 nitrogen and oxygen atoms in total. The second-order valence-corrected chi connectivity index (χ2v) is 5.42. The number of hydrogen-bond donors (Lipinski definition) is 1. The van der Waals surface area contributed by atoms with Crippen molar-refractivity contribution in [2.24, 2.45) is 0 Å². The molecule has 1 aliphatic rings. The third-order valence-corrected chi connectivity index (χ3v) is 3.78. The molecule has 2 unspecified atom stereocenters. The van der Waals surface area contributed by atoms with Gasteiger partial charge in [0.25, 0.3) is 0 Å². The van der Waals surface area contributed by atoms with E-state index in [9.17, 15) is 0 Å². The molecule has 1 fully saturated rings. The van der Waals surface area contributed by atoms with Gasteiger partial charge in [0.1, 0.15) is 0 Å². The van der Waals surface area contributed by atoms with E-state index in [0.29, 0.717) is 12.1 Å². The van der Waals surface area contributed by atoms with Crippen LogP contribution in [0.5, 0.6) is 0 Å². The zero-order valence-electron chi connectivity index (χ0n) is 11.2. The van der Waals surface area contributed by atoms with Gasteiger partial charge < -0.3 is 14.6 Å². The lowest BCUT2D eigenvalue weighted by Crippen LogP contribution is -2.37. The summed E-state index contributed by atoms with van der Waals surface area (Å²) in [4.78, 5) is 4.32. The van der Waals surface area contributed by atoms with E-state index >= 15 is 0 Å². The molecule has 0 saturated carbocycles. The highest BCUT2D eigenvalue weighted by atomic mass is 16.5. The van der Waals surface area contributed by atoms with Crippen molar-refractivity contribution in [2.75, 3.05) is 13.7 Å². The summed E-state index contributed by atoms with van der Waals surface area (Å²) in [7, 11) is 1.99. The molecular formula is C13H23N3O. The number of ether oxygens (including phenoxy) is 1. The monoisotopic (exact) mass is 237 g/mol. The molecule has 0 aromatic carbocycles. The third kappa shape index (κ3) is 2.53. The van der Waals surface area contributed by atoms with E-state index in [4.69, 9.17) is 4.74 Å². The van der Waals surface area contributed by atoms with Crippen LogP contribution in [0.2, 0.25) is 0 Å². The average Bonchev–Trinajstić information content (AvgIpc) is 2.78. The lowest BCUT2D eigenvalue weighted by atomic mass is 9.98. The fourth-order valence-electron chi connectivity index (χ4n) is 2.43. The van der Waals surface area contributed by atoms with Crippen LogP contribution in [0.1, 0.15) is 45.3 Å². The van der Waals surface area contributed by atoms with E-state index in [0.717, 1.165) is 19.4 Å². The van der Waals surface area contributed by atoms with E-state index in [1.54, 1.807) is 0 Å². The molecule has 4 heteroatoms. The van der Waals surface area contributed by atoms with Crippen LogP contribution in [0.25, 0.3) is 0 Å². The van der Waals surface area contributed by atoms with Gasteiger partial charge in [0.15, 0.2) is 0 Å². The Bertz CT molecular complexity index is 372. The maximum absolute atomic E-state index is 5.61. The van der Waals surface area contributed by atoms with Gasteiger partial charge in [-0.2, -0.15) is 0 Å². The van der Waals surface area contributed by atoms with Gasteiger partial charge in [0, 0.05) is 12.6 Å². The highest BCUT2D eigenvalue weighted by Gasteiger charge is 2.28. The van der Waals surface area contributed by atoms with Crippen molar-refractivity contribution < 1.29 is 4.74 Å². The van der Waals surface area contributed by atoms with Gasteiger partial charge in [0.05, 0.1) is 29.9 Å². The minimum Gasteiger partial charge on any atom is -0.378 e. The van der Waals surface area contributed by atoms with Gasteiger partial charge in [-0.1, -0.05) is 0 Å². The summed E-state index contributed by atoms with van der Waals surface area (Å²) in [6, 6.07) is 0.517. The first-order valence-corrected chi connectivity index (χ1v) is 6.37. The summed E-state index contributed by atoms with van der Waals surface area (Å²) in [5.41, 5.74) is 1.21. The van der Waals surface area contributed by atoms with Crippen LogP contribution in [0.15, 0.2) is 12.5 Å². The summed E-state index contributed by atoms with van der Waals surface area (Å²) in [6.45, 7) is 7.36. The number of nitrogens with one attached hydrogen (secondary N) is 1. The Morgan fingerprint density at radius 2 is 2.29 bits per heavy atom. The van der Waals surface area contributed by atoms with E-state index in [2.05, 4.69) is 35.6 Å². The maximum Gasteiger partial charge on any atom is 0.0951 e. The van der Waals surface area contributed by atoms with Crippen molar-refractivity contribution in [1.29, 1.82) is 0 Å². The van der Waals surface area contributed by atoms with Gasteiger partial charge in [-0.3, -0.25) is 0 Å². The van der Waals surface area contributed by atoms with E-state index in [-0.39, 0.29) is 5.54 Å². The molecule has 0 spiro atoms. The van der Waals surface area contributed by atoms with Crippen LogP contribution in [0.3, 0.4) is 0 Å². The summed E-state index contributed by atoms with van der Waals surface area (Å²) in [6.07, 6.45) is 6.42. The van der Waals surface area contributed by atoms with Crippen molar-refractivity contribution in [1.82, 2.24) is 14.9 Å². The van der Waals surface area contributed by atoms with Crippen molar-refractivity contribution in [3.8, 4) is 0 Å². The first-order chi connectivity index (χ1) is 8.04. The highest BCUT2D eigenvalue weighted by molar-refractivity contribution is 5.12. The molecular weight excluding hydrogens is 214 g/mol. The molecule has 2 heterocycles. The number of hydrogen-bond acceptors (Lipinski definition) is 3. The minimum absolute atomic E-state index is 0.0436. The second kappa shape index (κ2) is 4.78. The normalized spacial score (nSPS) is 26.1. The van der Waals surface area contributed by atoms with E-state index < -0.39 is 0 Å². The summed E-state index contributed by atoms with van der Waals surface area (Å²) < 4.78 is 7.92. The van der Waals surface area contributed by atoms with Gasteiger partial charge in [-0.25, -0.2) is 4.98 Å². The predicted octanol–water partition coefficient (Wildman–Crippen LogP) is 2.08. The number of rotatable bonds is 3. The zero-order chi connectivity index (χ0) is 12.5. The standard InChI is InChI=1S/C13H23N3O/c1-10-7-11(5-6-17-10)16-9-15-8-12(16)13(2,3)14-4/h8-11,14H,5-7H2,1-4H3. The topological polar surface area (TPSA) is 39.1 Å².